The number of carbonyl (C=O) groups is 2. The van der Waals surface area contributed by atoms with Crippen molar-refractivity contribution in [2.75, 3.05) is 33.4 Å². The van der Waals surface area contributed by atoms with Gasteiger partial charge in [-0.05, 0) is 58.9 Å². The minimum absolute atomic E-state index is 0.0759. The molecule has 0 aromatic heterocycles. The van der Waals surface area contributed by atoms with Crippen LogP contribution in [0.1, 0.15) is 75.2 Å². The standard InChI is InChI=1S/C22H43NO4/c1-17(2)15-21(6,7)18(24)26-13-11-23(10)12-14-27-19(25)22(8,9)16-20(3,4)5/h17H,11-16H2,1-10H3. The summed E-state index contributed by atoms with van der Waals surface area (Å²) < 4.78 is 10.9. The van der Waals surface area contributed by atoms with Gasteiger partial charge < -0.3 is 9.47 Å². The summed E-state index contributed by atoms with van der Waals surface area (Å²) in [5.41, 5.74) is -0.873. The molecule has 0 fully saturated rings. The van der Waals surface area contributed by atoms with Crippen molar-refractivity contribution in [2.45, 2.75) is 75.2 Å². The van der Waals surface area contributed by atoms with E-state index in [2.05, 4.69) is 34.6 Å². The summed E-state index contributed by atoms with van der Waals surface area (Å²) in [6, 6.07) is 0. The summed E-state index contributed by atoms with van der Waals surface area (Å²) in [6.45, 7) is 20.2. The lowest BCUT2D eigenvalue weighted by molar-refractivity contribution is -0.156. The molecule has 0 spiro atoms. The number of rotatable bonds is 11. The fraction of sp³-hybridized carbons (Fsp3) is 0.909. The van der Waals surface area contributed by atoms with E-state index in [1.165, 1.54) is 0 Å². The van der Waals surface area contributed by atoms with E-state index < -0.39 is 10.8 Å². The summed E-state index contributed by atoms with van der Waals surface area (Å²) in [5, 5.41) is 0. The molecule has 0 heterocycles. The van der Waals surface area contributed by atoms with Crippen LogP contribution in [0.3, 0.4) is 0 Å². The van der Waals surface area contributed by atoms with Crippen LogP contribution in [-0.4, -0.2) is 50.2 Å². The second-order valence-corrected chi connectivity index (χ2v) is 10.7. The average Bonchev–Trinajstić information content (AvgIpc) is 2.42. The van der Waals surface area contributed by atoms with Gasteiger partial charge in [0.1, 0.15) is 13.2 Å². The zero-order valence-corrected chi connectivity index (χ0v) is 19.4. The lowest BCUT2D eigenvalue weighted by Gasteiger charge is -2.30. The molecule has 0 aromatic carbocycles. The Morgan fingerprint density at radius 1 is 0.815 bits per heavy atom. The molecule has 0 aliphatic carbocycles. The maximum absolute atomic E-state index is 12.3. The number of likely N-dealkylation sites (N-methyl/N-ethyl adjacent to an activating group) is 1. The minimum Gasteiger partial charge on any atom is -0.464 e. The summed E-state index contributed by atoms with van der Waals surface area (Å²) in [7, 11) is 1.93. The van der Waals surface area contributed by atoms with Crippen molar-refractivity contribution in [1.29, 1.82) is 0 Å². The van der Waals surface area contributed by atoms with Crippen molar-refractivity contribution in [3.63, 3.8) is 0 Å². The number of hydrogen-bond acceptors (Lipinski definition) is 5. The normalized spacial score (nSPS) is 13.2. The van der Waals surface area contributed by atoms with Gasteiger partial charge in [0.05, 0.1) is 10.8 Å². The first kappa shape index (κ1) is 25.9. The van der Waals surface area contributed by atoms with Crippen molar-refractivity contribution < 1.29 is 19.1 Å². The molecule has 0 N–H and O–H groups in total. The predicted molar refractivity (Wildman–Crippen MR) is 111 cm³/mol. The van der Waals surface area contributed by atoms with Gasteiger partial charge in [-0.25, -0.2) is 0 Å². The third-order valence-corrected chi connectivity index (χ3v) is 4.41. The third kappa shape index (κ3) is 11.4. The monoisotopic (exact) mass is 385 g/mol. The van der Waals surface area contributed by atoms with Crippen molar-refractivity contribution in [3.8, 4) is 0 Å². The van der Waals surface area contributed by atoms with Crippen molar-refractivity contribution in [3.05, 3.63) is 0 Å². The molecule has 0 radical (unpaired) electrons. The smallest absolute Gasteiger partial charge is 0.311 e. The fourth-order valence-corrected chi connectivity index (χ4v) is 3.59. The lowest BCUT2D eigenvalue weighted by Crippen LogP contribution is -2.35. The molecule has 0 atom stereocenters. The maximum Gasteiger partial charge on any atom is 0.311 e. The number of esters is 2. The number of nitrogens with zero attached hydrogens (tertiary/aromatic N) is 1. The fourth-order valence-electron chi connectivity index (χ4n) is 3.59. The van der Waals surface area contributed by atoms with Crippen LogP contribution in [0.4, 0.5) is 0 Å². The van der Waals surface area contributed by atoms with Crippen LogP contribution in [0.25, 0.3) is 0 Å². The molecule has 0 aromatic rings. The van der Waals surface area contributed by atoms with Crippen LogP contribution in [0.2, 0.25) is 0 Å². The van der Waals surface area contributed by atoms with Crippen molar-refractivity contribution >= 4 is 11.9 Å². The van der Waals surface area contributed by atoms with Crippen LogP contribution >= 0.6 is 0 Å². The van der Waals surface area contributed by atoms with Crippen molar-refractivity contribution in [1.82, 2.24) is 4.90 Å². The van der Waals surface area contributed by atoms with Gasteiger partial charge in [0.2, 0.25) is 0 Å². The SMILES string of the molecule is CC(C)CC(C)(C)C(=O)OCCN(C)CCOC(=O)C(C)(C)CC(C)(C)C. The maximum atomic E-state index is 12.3. The van der Waals surface area contributed by atoms with E-state index in [4.69, 9.17) is 9.47 Å². The molecule has 5 heteroatoms. The van der Waals surface area contributed by atoms with Crippen molar-refractivity contribution in [2.24, 2.45) is 22.2 Å². The van der Waals surface area contributed by atoms with E-state index in [9.17, 15) is 9.59 Å². The van der Waals surface area contributed by atoms with Gasteiger partial charge in [0, 0.05) is 13.1 Å². The average molecular weight is 386 g/mol. The second-order valence-electron chi connectivity index (χ2n) is 10.7. The number of ether oxygens (including phenoxy) is 2. The van der Waals surface area contributed by atoms with Crippen LogP contribution in [0.5, 0.6) is 0 Å². The van der Waals surface area contributed by atoms with Crippen LogP contribution in [-0.2, 0) is 19.1 Å². The Morgan fingerprint density at radius 3 is 1.59 bits per heavy atom. The lowest BCUT2D eigenvalue weighted by atomic mass is 9.76. The first-order valence-electron chi connectivity index (χ1n) is 10.1. The van der Waals surface area contributed by atoms with E-state index in [1.54, 1.807) is 0 Å². The molecule has 0 aliphatic rings. The van der Waals surface area contributed by atoms with E-state index in [-0.39, 0.29) is 17.4 Å². The van der Waals surface area contributed by atoms with Gasteiger partial charge >= 0.3 is 11.9 Å². The van der Waals surface area contributed by atoms with E-state index in [1.807, 2.05) is 39.6 Å². The highest BCUT2D eigenvalue weighted by atomic mass is 16.5. The largest absolute Gasteiger partial charge is 0.464 e. The molecule has 27 heavy (non-hydrogen) atoms. The molecule has 0 aliphatic heterocycles. The minimum atomic E-state index is -0.492. The van der Waals surface area contributed by atoms with Crippen LogP contribution < -0.4 is 0 Å². The molecule has 160 valence electrons. The number of hydrogen-bond donors (Lipinski definition) is 0. The van der Waals surface area contributed by atoms with E-state index >= 15 is 0 Å². The zero-order valence-electron chi connectivity index (χ0n) is 19.4. The molecule has 0 saturated carbocycles. The first-order valence-corrected chi connectivity index (χ1v) is 10.1. The Labute approximate surface area is 167 Å². The highest BCUT2D eigenvalue weighted by molar-refractivity contribution is 5.76. The Hall–Kier alpha value is -1.10. The molecule has 0 bridgehead atoms. The van der Waals surface area contributed by atoms with Gasteiger partial charge in [-0.1, -0.05) is 34.6 Å². The highest BCUT2D eigenvalue weighted by Crippen LogP contribution is 2.34. The van der Waals surface area contributed by atoms with Crippen LogP contribution in [0, 0.1) is 22.2 Å². The molecule has 0 saturated heterocycles. The highest BCUT2D eigenvalue weighted by Gasteiger charge is 2.34. The van der Waals surface area contributed by atoms with E-state index in [0.29, 0.717) is 32.2 Å². The second kappa shape index (κ2) is 10.4. The third-order valence-electron chi connectivity index (χ3n) is 4.41. The quantitative estimate of drug-likeness (QED) is 0.489. The Kier molecular flexibility index (Phi) is 10.0. The van der Waals surface area contributed by atoms with E-state index in [0.717, 1.165) is 12.8 Å². The molecule has 5 nitrogen and oxygen atoms in total. The zero-order chi connectivity index (χ0) is 21.5. The van der Waals surface area contributed by atoms with Gasteiger partial charge in [-0.2, -0.15) is 0 Å². The van der Waals surface area contributed by atoms with Gasteiger partial charge in [0.15, 0.2) is 0 Å². The Balaban J connectivity index is 4.16. The molecular weight excluding hydrogens is 342 g/mol. The summed E-state index contributed by atoms with van der Waals surface area (Å²) in [4.78, 5) is 26.5. The summed E-state index contributed by atoms with van der Waals surface area (Å²) in [6.07, 6.45) is 1.58. The van der Waals surface area contributed by atoms with Gasteiger partial charge in [0.25, 0.3) is 0 Å². The van der Waals surface area contributed by atoms with Gasteiger partial charge in [-0.3, -0.25) is 14.5 Å². The first-order chi connectivity index (χ1) is 12.1. The topological polar surface area (TPSA) is 55.8 Å². The Morgan fingerprint density at radius 2 is 1.22 bits per heavy atom. The molecule has 0 unspecified atom stereocenters. The predicted octanol–water partition coefficient (Wildman–Crippen LogP) is 4.54. The van der Waals surface area contributed by atoms with Gasteiger partial charge in [-0.15, -0.1) is 0 Å². The summed E-state index contributed by atoms with van der Waals surface area (Å²) in [5.74, 6) is 0.139. The number of carbonyl (C=O) groups excluding carboxylic acids is 2. The summed E-state index contributed by atoms with van der Waals surface area (Å²) >= 11 is 0. The molecule has 0 rings (SSSR count). The molecule has 0 amide bonds. The molecular formula is C22H43NO4. The Bertz CT molecular complexity index is 475. The van der Waals surface area contributed by atoms with Crippen LogP contribution in [0.15, 0.2) is 0 Å².